The molecule has 2 aromatic rings. The van der Waals surface area contributed by atoms with E-state index in [2.05, 4.69) is 15.2 Å². The lowest BCUT2D eigenvalue weighted by atomic mass is 9.94. The van der Waals surface area contributed by atoms with Gasteiger partial charge in [0.1, 0.15) is 11.9 Å². The van der Waals surface area contributed by atoms with Gasteiger partial charge in [-0.1, -0.05) is 23.7 Å². The molecule has 3 atom stereocenters. The number of nitrogens with zero attached hydrogens (tertiary/aromatic N) is 4. The lowest BCUT2D eigenvalue weighted by Crippen LogP contribution is -2.56. The van der Waals surface area contributed by atoms with Crippen molar-refractivity contribution in [3.63, 3.8) is 0 Å². The molecule has 5 rings (SSSR count). The van der Waals surface area contributed by atoms with Gasteiger partial charge in [0.05, 0.1) is 17.7 Å². The molecular formula is C24H25ClFN5O3S. The normalized spacial score (nSPS) is 24.3. The number of ether oxygens (including phenoxy) is 1. The Kier molecular flexibility index (Phi) is 6.61. The van der Waals surface area contributed by atoms with Crippen molar-refractivity contribution in [2.75, 3.05) is 26.7 Å². The fraction of sp³-hybridized carbons (Fsp3) is 0.417. The highest BCUT2D eigenvalue weighted by atomic mass is 35.5. The van der Waals surface area contributed by atoms with E-state index in [9.17, 15) is 14.0 Å². The summed E-state index contributed by atoms with van der Waals surface area (Å²) < 4.78 is 19.6. The zero-order chi connectivity index (χ0) is 24.7. The van der Waals surface area contributed by atoms with Crippen LogP contribution in [0, 0.1) is 5.82 Å². The van der Waals surface area contributed by atoms with Gasteiger partial charge in [-0.2, -0.15) is 0 Å². The third-order valence-corrected chi connectivity index (χ3v) is 8.04. The molecule has 3 aliphatic rings. The van der Waals surface area contributed by atoms with Crippen LogP contribution in [0.1, 0.15) is 36.4 Å². The zero-order valence-electron chi connectivity index (χ0n) is 19.3. The molecule has 184 valence electrons. The lowest BCUT2D eigenvalue weighted by Gasteiger charge is -2.42. The number of hydrogen-bond donors (Lipinski definition) is 1. The number of methoxy groups -OCH3 is 1. The summed E-state index contributed by atoms with van der Waals surface area (Å²) in [5.74, 6) is -0.583. The number of esters is 1. The van der Waals surface area contributed by atoms with Gasteiger partial charge in [0.2, 0.25) is 5.91 Å². The molecule has 35 heavy (non-hydrogen) atoms. The average molecular weight is 518 g/mol. The van der Waals surface area contributed by atoms with Gasteiger partial charge in [0, 0.05) is 61.5 Å². The van der Waals surface area contributed by atoms with E-state index < -0.39 is 17.8 Å². The minimum atomic E-state index is -0.864. The number of benzene rings is 1. The summed E-state index contributed by atoms with van der Waals surface area (Å²) in [4.78, 5) is 38.4. The average Bonchev–Trinajstić information content (AvgIpc) is 3.45. The first-order chi connectivity index (χ1) is 16.9. The number of aliphatic imine (C=N–C) groups is 1. The summed E-state index contributed by atoms with van der Waals surface area (Å²) >= 11 is 7.76. The fourth-order valence-electron chi connectivity index (χ4n) is 5.16. The van der Waals surface area contributed by atoms with E-state index in [0.29, 0.717) is 41.7 Å². The standard InChI is InChI=1S/C24H25ClFN5O3S/c1-13(32)30-10-14-6-7-15(11-30)31(14)12-18-19(24(33)34-2)21(16-4-3-5-17(26)20(16)25)29-22(28-18)23-27-8-9-35-23/h3-5,8-9,14-15,21H,6-7,10-12H2,1-2H3,(H,28,29)/t14?,15?,21-/m0/s1. The molecular weight excluding hydrogens is 493 g/mol. The van der Waals surface area contributed by atoms with Crippen molar-refractivity contribution < 1.29 is 18.7 Å². The van der Waals surface area contributed by atoms with Crippen molar-refractivity contribution in [2.45, 2.75) is 37.9 Å². The third kappa shape index (κ3) is 4.46. The Labute approximate surface area is 211 Å². The molecule has 4 heterocycles. The molecule has 1 aromatic carbocycles. The van der Waals surface area contributed by atoms with Crippen LogP contribution in [0.25, 0.3) is 0 Å². The maximum absolute atomic E-state index is 14.4. The number of likely N-dealkylation sites (tertiary alicyclic amines) is 1. The second-order valence-corrected chi connectivity index (χ2v) is 10.1. The number of fused-ring (bicyclic) bond motifs is 2. The minimum absolute atomic E-state index is 0.0748. The summed E-state index contributed by atoms with van der Waals surface area (Å²) in [5.41, 5.74) is 1.29. The Bertz CT molecular complexity index is 1200. The van der Waals surface area contributed by atoms with Gasteiger partial charge in [-0.3, -0.25) is 14.7 Å². The van der Waals surface area contributed by atoms with Gasteiger partial charge in [-0.05, 0) is 18.9 Å². The molecule has 0 radical (unpaired) electrons. The van der Waals surface area contributed by atoms with Crippen molar-refractivity contribution in [3.8, 4) is 0 Å². The minimum Gasteiger partial charge on any atom is -0.466 e. The smallest absolute Gasteiger partial charge is 0.338 e. The number of aromatic nitrogens is 1. The highest BCUT2D eigenvalue weighted by molar-refractivity contribution is 7.11. The van der Waals surface area contributed by atoms with E-state index in [4.69, 9.17) is 21.3 Å². The predicted octanol–water partition coefficient (Wildman–Crippen LogP) is 3.15. The number of piperazine rings is 1. The summed E-state index contributed by atoms with van der Waals surface area (Å²) in [6.45, 7) is 3.33. The zero-order valence-corrected chi connectivity index (χ0v) is 20.9. The number of carbonyl (C=O) groups is 2. The quantitative estimate of drug-likeness (QED) is 0.613. The monoisotopic (exact) mass is 517 g/mol. The lowest BCUT2D eigenvalue weighted by molar-refractivity contribution is -0.136. The van der Waals surface area contributed by atoms with Gasteiger partial charge in [-0.25, -0.2) is 14.2 Å². The summed E-state index contributed by atoms with van der Waals surface area (Å²) in [5, 5.41) is 5.72. The van der Waals surface area contributed by atoms with Crippen LogP contribution in [0.4, 0.5) is 4.39 Å². The molecule has 0 aliphatic carbocycles. The number of thiazole rings is 1. The first kappa shape index (κ1) is 23.9. The Morgan fingerprint density at radius 3 is 2.66 bits per heavy atom. The van der Waals surface area contributed by atoms with Gasteiger partial charge < -0.3 is 15.0 Å². The van der Waals surface area contributed by atoms with Crippen LogP contribution in [-0.4, -0.2) is 71.3 Å². The molecule has 2 fully saturated rings. The van der Waals surface area contributed by atoms with Crippen LogP contribution in [0.5, 0.6) is 0 Å². The molecule has 3 aliphatic heterocycles. The molecule has 2 bridgehead atoms. The maximum atomic E-state index is 14.4. The molecule has 11 heteroatoms. The van der Waals surface area contributed by atoms with E-state index in [1.165, 1.54) is 24.5 Å². The molecule has 8 nitrogen and oxygen atoms in total. The van der Waals surface area contributed by atoms with Gasteiger partial charge in [-0.15, -0.1) is 11.3 Å². The molecule has 2 unspecified atom stereocenters. The Balaban J connectivity index is 1.58. The Hall–Kier alpha value is -2.82. The van der Waals surface area contributed by atoms with Crippen LogP contribution in [0.15, 0.2) is 46.0 Å². The summed E-state index contributed by atoms with van der Waals surface area (Å²) in [6.07, 6.45) is 3.62. The van der Waals surface area contributed by atoms with E-state index in [1.54, 1.807) is 25.3 Å². The second-order valence-electron chi connectivity index (χ2n) is 8.85. The number of amidine groups is 1. The number of nitrogens with one attached hydrogen (secondary N) is 1. The van der Waals surface area contributed by atoms with Crippen LogP contribution in [-0.2, 0) is 14.3 Å². The first-order valence-corrected chi connectivity index (χ1v) is 12.6. The number of halogens is 2. The SMILES string of the molecule is COC(=O)C1=C(CN2C3CCC2CN(C(C)=O)C3)NC(c2nccs2)=N[C@H]1c1cccc(F)c1Cl. The summed E-state index contributed by atoms with van der Waals surface area (Å²) in [7, 11) is 1.31. The third-order valence-electron chi connectivity index (χ3n) is 6.86. The van der Waals surface area contributed by atoms with Crippen molar-refractivity contribution in [3.05, 3.63) is 62.5 Å². The number of rotatable bonds is 5. The second kappa shape index (κ2) is 9.67. The van der Waals surface area contributed by atoms with E-state index >= 15 is 0 Å². The van der Waals surface area contributed by atoms with E-state index in [-0.39, 0.29) is 28.6 Å². The van der Waals surface area contributed by atoms with Crippen molar-refractivity contribution in [1.29, 1.82) is 0 Å². The van der Waals surface area contributed by atoms with Gasteiger partial charge in [0.15, 0.2) is 10.8 Å². The molecule has 1 aromatic heterocycles. The van der Waals surface area contributed by atoms with Crippen LogP contribution in [0.2, 0.25) is 5.02 Å². The summed E-state index contributed by atoms with van der Waals surface area (Å²) in [6, 6.07) is 3.99. The van der Waals surface area contributed by atoms with Crippen LogP contribution in [0.3, 0.4) is 0 Å². The van der Waals surface area contributed by atoms with E-state index in [0.717, 1.165) is 12.8 Å². The Morgan fingerprint density at radius 1 is 1.29 bits per heavy atom. The van der Waals surface area contributed by atoms with Crippen LogP contribution >= 0.6 is 22.9 Å². The number of amides is 1. The van der Waals surface area contributed by atoms with E-state index in [1.807, 2.05) is 10.3 Å². The molecule has 0 spiro atoms. The fourth-order valence-corrected chi connectivity index (χ4v) is 5.98. The highest BCUT2D eigenvalue weighted by Crippen LogP contribution is 2.39. The topological polar surface area (TPSA) is 87.1 Å². The van der Waals surface area contributed by atoms with Crippen molar-refractivity contribution in [1.82, 2.24) is 20.1 Å². The van der Waals surface area contributed by atoms with Crippen molar-refractivity contribution in [2.24, 2.45) is 4.99 Å². The van der Waals surface area contributed by atoms with Gasteiger partial charge >= 0.3 is 5.97 Å². The van der Waals surface area contributed by atoms with Gasteiger partial charge in [0.25, 0.3) is 0 Å². The highest BCUT2D eigenvalue weighted by Gasteiger charge is 2.43. The van der Waals surface area contributed by atoms with Crippen LogP contribution < -0.4 is 5.32 Å². The largest absolute Gasteiger partial charge is 0.466 e. The molecule has 2 saturated heterocycles. The molecule has 1 amide bonds. The molecule has 1 N–H and O–H groups in total. The number of hydrogen-bond acceptors (Lipinski definition) is 8. The first-order valence-electron chi connectivity index (χ1n) is 11.4. The van der Waals surface area contributed by atoms with Crippen molar-refractivity contribution >= 4 is 40.6 Å². The Morgan fingerprint density at radius 2 is 2.03 bits per heavy atom. The number of carbonyl (C=O) groups excluding carboxylic acids is 2. The maximum Gasteiger partial charge on any atom is 0.338 e. The predicted molar refractivity (Wildman–Crippen MR) is 131 cm³/mol. The molecule has 0 saturated carbocycles.